The minimum Gasteiger partial charge on any atom is -0.166 e. The van der Waals surface area contributed by atoms with Gasteiger partial charge in [-0.15, -0.1) is 0 Å². The van der Waals surface area contributed by atoms with Crippen LogP contribution in [0.4, 0.5) is 13.2 Å². The molecule has 0 radical (unpaired) electrons. The van der Waals surface area contributed by atoms with Gasteiger partial charge in [0.05, 0.1) is 5.56 Å². The van der Waals surface area contributed by atoms with Crippen LogP contribution >= 0.6 is 0 Å². The van der Waals surface area contributed by atoms with E-state index in [4.69, 9.17) is 0 Å². The van der Waals surface area contributed by atoms with Crippen molar-refractivity contribution in [1.29, 1.82) is 0 Å². The van der Waals surface area contributed by atoms with E-state index < -0.39 is 11.7 Å². The molecule has 0 heterocycles. The second kappa shape index (κ2) is 4.51. The molecule has 0 unspecified atom stereocenters. The highest BCUT2D eigenvalue weighted by Crippen LogP contribution is 2.35. The van der Waals surface area contributed by atoms with Crippen molar-refractivity contribution in [1.82, 2.24) is 0 Å². The Morgan fingerprint density at radius 2 is 1.87 bits per heavy atom. The zero-order valence-corrected chi connectivity index (χ0v) is 8.56. The van der Waals surface area contributed by atoms with E-state index in [1.165, 1.54) is 12.1 Å². The van der Waals surface area contributed by atoms with E-state index in [1.807, 2.05) is 6.92 Å². The molecule has 0 bridgehead atoms. The Bertz CT molecular complexity index is 350. The monoisotopic (exact) mass is 214 g/mol. The fourth-order valence-electron chi connectivity index (χ4n) is 1.48. The molecule has 3 heteroatoms. The number of alkyl halides is 3. The van der Waals surface area contributed by atoms with Crippen LogP contribution in [0.15, 0.2) is 30.8 Å². The van der Waals surface area contributed by atoms with Gasteiger partial charge in [0.2, 0.25) is 0 Å². The molecule has 0 aliphatic carbocycles. The fourth-order valence-corrected chi connectivity index (χ4v) is 1.48. The normalized spacial score (nSPS) is 11.5. The van der Waals surface area contributed by atoms with E-state index in [0.29, 0.717) is 12.0 Å². The Hall–Kier alpha value is -1.25. The zero-order valence-electron chi connectivity index (χ0n) is 8.56. The highest BCUT2D eigenvalue weighted by atomic mass is 19.4. The first kappa shape index (κ1) is 11.8. The third-order valence-corrected chi connectivity index (χ3v) is 2.17. The summed E-state index contributed by atoms with van der Waals surface area (Å²) in [7, 11) is 0. The number of hydrogen-bond donors (Lipinski definition) is 0. The second-order valence-corrected chi connectivity index (χ2v) is 3.40. The molecule has 0 saturated heterocycles. The Labute approximate surface area is 87.4 Å². The van der Waals surface area contributed by atoms with Crippen molar-refractivity contribution in [2.45, 2.75) is 25.9 Å². The van der Waals surface area contributed by atoms with Crippen LogP contribution in [0.2, 0.25) is 0 Å². The van der Waals surface area contributed by atoms with Gasteiger partial charge < -0.3 is 0 Å². The summed E-state index contributed by atoms with van der Waals surface area (Å²) in [6.07, 6.45) is -2.91. The predicted octanol–water partition coefficient (Wildman–Crippen LogP) is 4.52. The molecule has 1 rings (SSSR count). The van der Waals surface area contributed by atoms with Crippen molar-refractivity contribution in [3.63, 3.8) is 0 Å². The lowest BCUT2D eigenvalue weighted by Gasteiger charge is -2.13. The van der Waals surface area contributed by atoms with Crippen LogP contribution in [0.5, 0.6) is 0 Å². The molecule has 0 spiro atoms. The van der Waals surface area contributed by atoms with Crippen LogP contribution in [0.25, 0.3) is 5.57 Å². The molecular formula is C12H13F3. The van der Waals surface area contributed by atoms with Gasteiger partial charge in [0.25, 0.3) is 0 Å². The molecule has 82 valence electrons. The van der Waals surface area contributed by atoms with Crippen molar-refractivity contribution in [2.24, 2.45) is 0 Å². The van der Waals surface area contributed by atoms with E-state index in [9.17, 15) is 13.2 Å². The SMILES string of the molecule is C=C(CCC)c1ccccc1C(F)(F)F. The number of halogens is 3. The van der Waals surface area contributed by atoms with Crippen LogP contribution in [-0.4, -0.2) is 0 Å². The number of allylic oxidation sites excluding steroid dienone is 1. The van der Waals surface area contributed by atoms with Gasteiger partial charge in [-0.3, -0.25) is 0 Å². The summed E-state index contributed by atoms with van der Waals surface area (Å²) >= 11 is 0. The van der Waals surface area contributed by atoms with E-state index >= 15 is 0 Å². The Morgan fingerprint density at radius 3 is 2.40 bits per heavy atom. The minimum absolute atomic E-state index is 0.215. The second-order valence-electron chi connectivity index (χ2n) is 3.40. The van der Waals surface area contributed by atoms with Gasteiger partial charge in [-0.05, 0) is 23.6 Å². The van der Waals surface area contributed by atoms with Crippen LogP contribution in [0, 0.1) is 0 Å². The highest BCUT2D eigenvalue weighted by Gasteiger charge is 2.33. The Kier molecular flexibility index (Phi) is 3.56. The third kappa shape index (κ3) is 2.85. The van der Waals surface area contributed by atoms with Crippen LogP contribution in [0.3, 0.4) is 0 Å². The van der Waals surface area contributed by atoms with E-state index in [2.05, 4.69) is 6.58 Å². The maximum atomic E-state index is 12.6. The molecule has 0 saturated carbocycles. The van der Waals surface area contributed by atoms with Crippen molar-refractivity contribution in [3.8, 4) is 0 Å². The fraction of sp³-hybridized carbons (Fsp3) is 0.333. The van der Waals surface area contributed by atoms with Gasteiger partial charge >= 0.3 is 6.18 Å². The summed E-state index contributed by atoms with van der Waals surface area (Å²) in [5.41, 5.74) is 0.167. The van der Waals surface area contributed by atoms with Gasteiger partial charge in [0.1, 0.15) is 0 Å². The standard InChI is InChI=1S/C12H13F3/c1-3-6-9(2)10-7-4-5-8-11(10)12(13,14)15/h4-5,7-8H,2-3,6H2,1H3. The molecule has 0 atom stereocenters. The van der Waals surface area contributed by atoms with Crippen LogP contribution in [0.1, 0.15) is 30.9 Å². The molecule has 0 aliphatic rings. The average Bonchev–Trinajstić information content (AvgIpc) is 2.17. The maximum absolute atomic E-state index is 12.6. The summed E-state index contributed by atoms with van der Waals surface area (Å²) in [6, 6.07) is 5.56. The van der Waals surface area contributed by atoms with Gasteiger partial charge in [-0.1, -0.05) is 38.1 Å². The van der Waals surface area contributed by atoms with Crippen molar-refractivity contribution in [2.75, 3.05) is 0 Å². The molecule has 0 N–H and O–H groups in total. The lowest BCUT2D eigenvalue weighted by atomic mass is 9.97. The highest BCUT2D eigenvalue weighted by molar-refractivity contribution is 5.66. The lowest BCUT2D eigenvalue weighted by Crippen LogP contribution is -2.08. The molecule has 0 amide bonds. The molecule has 0 nitrogen and oxygen atoms in total. The molecule has 1 aromatic carbocycles. The molecule has 0 aromatic heterocycles. The first-order chi connectivity index (χ1) is 6.96. The predicted molar refractivity (Wildman–Crippen MR) is 55.4 cm³/mol. The quantitative estimate of drug-likeness (QED) is 0.694. The molecular weight excluding hydrogens is 201 g/mol. The van der Waals surface area contributed by atoms with Crippen LogP contribution in [-0.2, 0) is 6.18 Å². The van der Waals surface area contributed by atoms with E-state index in [1.54, 1.807) is 6.07 Å². The third-order valence-electron chi connectivity index (χ3n) is 2.17. The Balaban J connectivity index is 3.12. The van der Waals surface area contributed by atoms with Crippen LogP contribution < -0.4 is 0 Å². The van der Waals surface area contributed by atoms with Crippen molar-refractivity contribution in [3.05, 3.63) is 42.0 Å². The lowest BCUT2D eigenvalue weighted by molar-refractivity contribution is -0.137. The minimum atomic E-state index is -4.30. The van der Waals surface area contributed by atoms with Gasteiger partial charge in [-0.2, -0.15) is 13.2 Å². The zero-order chi connectivity index (χ0) is 11.5. The summed E-state index contributed by atoms with van der Waals surface area (Å²) in [5, 5.41) is 0. The summed E-state index contributed by atoms with van der Waals surface area (Å²) in [5.74, 6) is 0. The van der Waals surface area contributed by atoms with Crippen molar-refractivity contribution < 1.29 is 13.2 Å². The van der Waals surface area contributed by atoms with Gasteiger partial charge in [0, 0.05) is 0 Å². The number of rotatable bonds is 3. The summed E-state index contributed by atoms with van der Waals surface area (Å²) < 4.78 is 37.8. The average molecular weight is 214 g/mol. The first-order valence-electron chi connectivity index (χ1n) is 4.81. The molecule has 15 heavy (non-hydrogen) atoms. The molecule has 0 fully saturated rings. The first-order valence-corrected chi connectivity index (χ1v) is 4.81. The van der Waals surface area contributed by atoms with Gasteiger partial charge in [0.15, 0.2) is 0 Å². The Morgan fingerprint density at radius 1 is 1.27 bits per heavy atom. The molecule has 1 aromatic rings. The van der Waals surface area contributed by atoms with E-state index in [-0.39, 0.29) is 5.56 Å². The maximum Gasteiger partial charge on any atom is 0.416 e. The number of benzene rings is 1. The van der Waals surface area contributed by atoms with E-state index in [0.717, 1.165) is 12.5 Å². The smallest absolute Gasteiger partial charge is 0.166 e. The topological polar surface area (TPSA) is 0 Å². The number of hydrogen-bond acceptors (Lipinski definition) is 0. The summed E-state index contributed by atoms with van der Waals surface area (Å²) in [6.45, 7) is 5.61. The van der Waals surface area contributed by atoms with Gasteiger partial charge in [-0.25, -0.2) is 0 Å². The summed E-state index contributed by atoms with van der Waals surface area (Å²) in [4.78, 5) is 0. The van der Waals surface area contributed by atoms with Crippen molar-refractivity contribution >= 4 is 5.57 Å². The molecule has 0 aliphatic heterocycles. The largest absolute Gasteiger partial charge is 0.416 e.